The maximum Gasteiger partial charge on any atom is 0.408 e. The summed E-state index contributed by atoms with van der Waals surface area (Å²) in [6, 6.07) is -1.56. The van der Waals surface area contributed by atoms with Gasteiger partial charge in [0.15, 0.2) is 0 Å². The summed E-state index contributed by atoms with van der Waals surface area (Å²) in [5.41, 5.74) is -0.661. The van der Waals surface area contributed by atoms with Crippen LogP contribution in [-0.4, -0.2) is 42.3 Å². The van der Waals surface area contributed by atoms with Gasteiger partial charge in [-0.3, -0.25) is 4.79 Å². The maximum absolute atomic E-state index is 12.8. The van der Waals surface area contributed by atoms with Crippen molar-refractivity contribution >= 4 is 18.0 Å². The minimum atomic E-state index is -0.808. The molecule has 0 aliphatic heterocycles. The van der Waals surface area contributed by atoms with Gasteiger partial charge in [-0.25, -0.2) is 9.59 Å². The van der Waals surface area contributed by atoms with Crippen LogP contribution in [0.3, 0.4) is 0 Å². The molecule has 0 bridgehead atoms. The van der Waals surface area contributed by atoms with Crippen LogP contribution < -0.4 is 10.6 Å². The van der Waals surface area contributed by atoms with E-state index in [2.05, 4.69) is 10.6 Å². The molecule has 2 amide bonds. The van der Waals surface area contributed by atoms with E-state index in [0.29, 0.717) is 12.5 Å². The van der Waals surface area contributed by atoms with Crippen molar-refractivity contribution in [2.24, 2.45) is 17.8 Å². The highest BCUT2D eigenvalue weighted by molar-refractivity contribution is 5.90. The number of ether oxygens (including phenoxy) is 2. The number of carbonyl (C=O) groups excluding carboxylic acids is 3. The molecule has 0 aromatic rings. The maximum atomic E-state index is 12.8. The molecule has 0 aromatic heterocycles. The second-order valence-corrected chi connectivity index (χ2v) is 9.73. The van der Waals surface area contributed by atoms with Gasteiger partial charge in [0.1, 0.15) is 17.7 Å². The number of rotatable bonds is 8. The van der Waals surface area contributed by atoms with E-state index in [-0.39, 0.29) is 11.8 Å². The summed E-state index contributed by atoms with van der Waals surface area (Å²) in [7, 11) is 0. The van der Waals surface area contributed by atoms with Gasteiger partial charge in [0.25, 0.3) is 0 Å². The van der Waals surface area contributed by atoms with Gasteiger partial charge < -0.3 is 20.1 Å². The van der Waals surface area contributed by atoms with Gasteiger partial charge in [-0.2, -0.15) is 0 Å². The molecule has 1 rings (SSSR count). The largest absolute Gasteiger partial charge is 0.464 e. The Hall–Kier alpha value is -1.79. The molecule has 1 saturated carbocycles. The molecule has 0 unspecified atom stereocenters. The number of carbonyl (C=O) groups is 3. The van der Waals surface area contributed by atoms with E-state index in [1.165, 1.54) is 19.3 Å². The third-order valence-corrected chi connectivity index (χ3v) is 5.03. The number of amides is 2. The molecule has 0 heterocycles. The van der Waals surface area contributed by atoms with E-state index in [9.17, 15) is 14.4 Å². The zero-order valence-corrected chi connectivity index (χ0v) is 19.2. The second kappa shape index (κ2) is 11.4. The predicted molar refractivity (Wildman–Crippen MR) is 112 cm³/mol. The Morgan fingerprint density at radius 1 is 0.897 bits per heavy atom. The van der Waals surface area contributed by atoms with Crippen LogP contribution in [0.1, 0.15) is 80.6 Å². The molecule has 29 heavy (non-hydrogen) atoms. The Morgan fingerprint density at radius 3 is 1.93 bits per heavy atom. The standard InChI is InChI=1S/C22H40N2O5/c1-14(2)17(24-21(27)29-22(5,6)7)19(25)23-18(15(3)4)20(26)28-13-16-11-9-8-10-12-16/h14-18H,8-13H2,1-7H3,(H,23,25)(H,24,27)/t17-,18-/m0/s1. The van der Waals surface area contributed by atoms with E-state index in [1.807, 2.05) is 27.7 Å². The van der Waals surface area contributed by atoms with E-state index in [1.54, 1.807) is 20.8 Å². The molecule has 0 aromatic carbocycles. The molecule has 7 heteroatoms. The van der Waals surface area contributed by atoms with Crippen LogP contribution in [0.2, 0.25) is 0 Å². The average Bonchev–Trinajstić information content (AvgIpc) is 2.60. The van der Waals surface area contributed by atoms with Crippen molar-refractivity contribution in [3.05, 3.63) is 0 Å². The number of alkyl carbamates (subject to hydrolysis) is 1. The smallest absolute Gasteiger partial charge is 0.408 e. The second-order valence-electron chi connectivity index (χ2n) is 9.73. The normalized spacial score (nSPS) is 17.6. The quantitative estimate of drug-likeness (QED) is 0.592. The molecular formula is C22H40N2O5. The van der Waals surface area contributed by atoms with Crippen LogP contribution in [0.5, 0.6) is 0 Å². The van der Waals surface area contributed by atoms with E-state index >= 15 is 0 Å². The SMILES string of the molecule is CC(C)[C@H](NC(=O)OC(C)(C)C)C(=O)N[C@H](C(=O)OCC1CCCCC1)C(C)C. The van der Waals surface area contributed by atoms with Crippen LogP contribution in [0.4, 0.5) is 4.79 Å². The minimum Gasteiger partial charge on any atom is -0.464 e. The number of nitrogens with one attached hydrogen (secondary N) is 2. The van der Waals surface area contributed by atoms with Crippen molar-refractivity contribution < 1.29 is 23.9 Å². The lowest BCUT2D eigenvalue weighted by Gasteiger charge is -2.28. The van der Waals surface area contributed by atoms with Gasteiger partial charge in [-0.05, 0) is 51.4 Å². The molecule has 0 spiro atoms. The van der Waals surface area contributed by atoms with Crippen LogP contribution in [-0.2, 0) is 19.1 Å². The Morgan fingerprint density at radius 2 is 1.45 bits per heavy atom. The van der Waals surface area contributed by atoms with Crippen molar-refractivity contribution in [2.45, 2.75) is 98.3 Å². The summed E-state index contributed by atoms with van der Waals surface area (Å²) < 4.78 is 10.8. The average molecular weight is 413 g/mol. The first-order valence-electron chi connectivity index (χ1n) is 10.9. The molecule has 0 radical (unpaired) electrons. The molecule has 2 atom stereocenters. The summed E-state index contributed by atoms with van der Waals surface area (Å²) in [4.78, 5) is 37.5. The van der Waals surface area contributed by atoms with Gasteiger partial charge >= 0.3 is 12.1 Å². The van der Waals surface area contributed by atoms with Gasteiger partial charge in [-0.1, -0.05) is 47.0 Å². The van der Waals surface area contributed by atoms with E-state index in [4.69, 9.17) is 9.47 Å². The summed E-state index contributed by atoms with van der Waals surface area (Å²) in [5, 5.41) is 5.38. The summed E-state index contributed by atoms with van der Waals surface area (Å²) in [6.45, 7) is 13.1. The highest BCUT2D eigenvalue weighted by Gasteiger charge is 2.32. The molecule has 2 N–H and O–H groups in total. The Labute approximate surface area is 175 Å². The molecule has 7 nitrogen and oxygen atoms in total. The van der Waals surface area contributed by atoms with Crippen LogP contribution in [0.15, 0.2) is 0 Å². The summed E-state index contributed by atoms with van der Waals surface area (Å²) in [6.07, 6.45) is 5.11. The fourth-order valence-electron chi connectivity index (χ4n) is 3.35. The van der Waals surface area contributed by atoms with Crippen LogP contribution in [0, 0.1) is 17.8 Å². The number of esters is 1. The van der Waals surface area contributed by atoms with Gasteiger partial charge in [0.2, 0.25) is 5.91 Å². The fourth-order valence-corrected chi connectivity index (χ4v) is 3.35. The van der Waals surface area contributed by atoms with Crippen molar-refractivity contribution in [1.82, 2.24) is 10.6 Å². The Bertz CT molecular complexity index is 548. The highest BCUT2D eigenvalue weighted by atomic mass is 16.6. The topological polar surface area (TPSA) is 93.7 Å². The lowest BCUT2D eigenvalue weighted by Crippen LogP contribution is -2.55. The number of hydrogen-bond donors (Lipinski definition) is 2. The van der Waals surface area contributed by atoms with Crippen LogP contribution >= 0.6 is 0 Å². The van der Waals surface area contributed by atoms with Crippen molar-refractivity contribution in [2.75, 3.05) is 6.61 Å². The Balaban J connectivity index is 2.69. The van der Waals surface area contributed by atoms with E-state index in [0.717, 1.165) is 12.8 Å². The first kappa shape index (κ1) is 25.2. The highest BCUT2D eigenvalue weighted by Crippen LogP contribution is 2.24. The summed E-state index contributed by atoms with van der Waals surface area (Å²) >= 11 is 0. The predicted octanol–water partition coefficient (Wildman–Crippen LogP) is 3.80. The number of hydrogen-bond acceptors (Lipinski definition) is 5. The molecule has 0 saturated heterocycles. The van der Waals surface area contributed by atoms with Crippen molar-refractivity contribution in [3.8, 4) is 0 Å². The Kier molecular flexibility index (Phi) is 9.93. The zero-order chi connectivity index (χ0) is 22.2. The van der Waals surface area contributed by atoms with Gasteiger partial charge in [-0.15, -0.1) is 0 Å². The zero-order valence-electron chi connectivity index (χ0n) is 19.2. The van der Waals surface area contributed by atoms with Crippen LogP contribution in [0.25, 0.3) is 0 Å². The lowest BCUT2D eigenvalue weighted by atomic mass is 9.90. The summed E-state index contributed by atoms with van der Waals surface area (Å²) in [5.74, 6) is -0.730. The van der Waals surface area contributed by atoms with Crippen molar-refractivity contribution in [3.63, 3.8) is 0 Å². The first-order chi connectivity index (χ1) is 13.4. The molecule has 1 fully saturated rings. The van der Waals surface area contributed by atoms with Gasteiger partial charge in [0.05, 0.1) is 6.61 Å². The third kappa shape index (κ3) is 9.50. The van der Waals surface area contributed by atoms with Crippen molar-refractivity contribution in [1.29, 1.82) is 0 Å². The molecule has 168 valence electrons. The monoisotopic (exact) mass is 412 g/mol. The third-order valence-electron chi connectivity index (χ3n) is 5.03. The molecule has 1 aliphatic carbocycles. The lowest BCUT2D eigenvalue weighted by molar-refractivity contribution is -0.151. The first-order valence-corrected chi connectivity index (χ1v) is 10.9. The molecule has 1 aliphatic rings. The minimum absolute atomic E-state index is 0.132. The van der Waals surface area contributed by atoms with E-state index < -0.39 is 35.7 Å². The molecular weight excluding hydrogens is 372 g/mol. The fraction of sp³-hybridized carbons (Fsp3) is 0.864. The van der Waals surface area contributed by atoms with Gasteiger partial charge in [0, 0.05) is 0 Å².